The highest BCUT2D eigenvalue weighted by Gasteiger charge is 2.48. The fourth-order valence-electron chi connectivity index (χ4n) is 4.00. The van der Waals surface area contributed by atoms with Gasteiger partial charge in [0.1, 0.15) is 0 Å². The van der Waals surface area contributed by atoms with Gasteiger partial charge in [-0.3, -0.25) is 0 Å². The molecule has 1 atom stereocenters. The molecule has 1 unspecified atom stereocenters. The third kappa shape index (κ3) is 2.45. The Morgan fingerprint density at radius 3 is 2.26 bits per heavy atom. The first kappa shape index (κ1) is 13.2. The molecule has 1 heteroatoms. The molecule has 1 aromatic carbocycles. The lowest BCUT2D eigenvalue weighted by molar-refractivity contribution is 0.528. The van der Waals surface area contributed by atoms with Crippen LogP contribution in [0.1, 0.15) is 75.3 Å². The predicted molar refractivity (Wildman–Crippen MR) is 81.4 cm³/mol. The van der Waals surface area contributed by atoms with Crippen LogP contribution in [0.25, 0.3) is 0 Å². The van der Waals surface area contributed by atoms with E-state index in [0.717, 1.165) is 5.92 Å². The van der Waals surface area contributed by atoms with Crippen LogP contribution in [-0.2, 0) is 5.41 Å². The van der Waals surface area contributed by atoms with E-state index in [1.54, 1.807) is 11.1 Å². The summed E-state index contributed by atoms with van der Waals surface area (Å²) in [6.07, 6.45) is 11.0. The van der Waals surface area contributed by atoms with Gasteiger partial charge in [-0.15, -0.1) is 0 Å². The van der Waals surface area contributed by atoms with Crippen LogP contribution in [0.15, 0.2) is 24.3 Å². The Morgan fingerprint density at radius 2 is 1.68 bits per heavy atom. The Labute approximate surface area is 117 Å². The van der Waals surface area contributed by atoms with Gasteiger partial charge in [0.2, 0.25) is 0 Å². The minimum atomic E-state index is 0.291. The first-order chi connectivity index (χ1) is 9.24. The molecular formula is C18H27N. The van der Waals surface area contributed by atoms with E-state index in [9.17, 15) is 0 Å². The van der Waals surface area contributed by atoms with Crippen LogP contribution in [0.2, 0.25) is 0 Å². The predicted octanol–water partition coefficient (Wildman–Crippen LogP) is 4.50. The summed E-state index contributed by atoms with van der Waals surface area (Å²) in [6, 6.07) is 9.46. The molecule has 1 aromatic rings. The monoisotopic (exact) mass is 257 g/mol. The van der Waals surface area contributed by atoms with Crippen molar-refractivity contribution in [2.45, 2.75) is 75.7 Å². The Morgan fingerprint density at radius 1 is 1.05 bits per heavy atom. The molecular weight excluding hydrogens is 230 g/mol. The van der Waals surface area contributed by atoms with Crippen LogP contribution in [-0.4, -0.2) is 6.04 Å². The van der Waals surface area contributed by atoms with Crippen molar-refractivity contribution < 1.29 is 0 Å². The van der Waals surface area contributed by atoms with Crippen LogP contribution < -0.4 is 5.73 Å². The second-order valence-corrected chi connectivity index (χ2v) is 6.72. The lowest BCUT2D eigenvalue weighted by Gasteiger charge is -2.27. The van der Waals surface area contributed by atoms with Crippen molar-refractivity contribution in [2.75, 3.05) is 0 Å². The van der Waals surface area contributed by atoms with Gasteiger partial charge in [0, 0.05) is 11.5 Å². The number of rotatable bonds is 3. The van der Waals surface area contributed by atoms with Crippen molar-refractivity contribution in [3.05, 3.63) is 35.4 Å². The molecule has 104 valence electrons. The van der Waals surface area contributed by atoms with Gasteiger partial charge in [-0.1, -0.05) is 49.9 Å². The molecule has 0 aliphatic heterocycles. The summed E-state index contributed by atoms with van der Waals surface area (Å²) in [6.45, 7) is 2.19. The summed E-state index contributed by atoms with van der Waals surface area (Å²) in [5.41, 5.74) is 9.81. The topological polar surface area (TPSA) is 26.0 Å². The molecule has 2 fully saturated rings. The van der Waals surface area contributed by atoms with Crippen molar-refractivity contribution in [3.63, 3.8) is 0 Å². The van der Waals surface area contributed by atoms with Gasteiger partial charge < -0.3 is 5.73 Å². The summed E-state index contributed by atoms with van der Waals surface area (Å²) >= 11 is 0. The van der Waals surface area contributed by atoms with E-state index >= 15 is 0 Å². The first-order valence-corrected chi connectivity index (χ1v) is 8.09. The van der Waals surface area contributed by atoms with Gasteiger partial charge in [-0.2, -0.15) is 0 Å². The highest BCUT2D eigenvalue weighted by Crippen LogP contribution is 2.53. The lowest BCUT2D eigenvalue weighted by Crippen LogP contribution is -2.32. The molecule has 2 aliphatic rings. The molecule has 0 amide bonds. The smallest absolute Gasteiger partial charge is 0.0108 e. The van der Waals surface area contributed by atoms with Gasteiger partial charge in [0.25, 0.3) is 0 Å². The maximum atomic E-state index is 6.29. The number of hydrogen-bond donors (Lipinski definition) is 1. The maximum absolute atomic E-state index is 6.29. The zero-order valence-corrected chi connectivity index (χ0v) is 12.2. The van der Waals surface area contributed by atoms with Crippen LogP contribution in [0.3, 0.4) is 0 Å². The third-order valence-corrected chi connectivity index (χ3v) is 5.45. The number of benzene rings is 1. The standard InChI is InChI=1S/C18H27N/c1-14(19)18(12-13-18)17-11-7-6-10-16(17)15-8-4-2-3-5-9-15/h6-7,10-11,14-15H,2-5,8-9,12-13,19H2,1H3. The normalized spacial score (nSPS) is 24.7. The average Bonchev–Trinajstić information content (AvgIpc) is 3.24. The molecule has 0 radical (unpaired) electrons. The minimum Gasteiger partial charge on any atom is -0.327 e. The van der Waals surface area contributed by atoms with Crippen molar-refractivity contribution in [1.82, 2.24) is 0 Å². The summed E-state index contributed by atoms with van der Waals surface area (Å²) < 4.78 is 0. The summed E-state index contributed by atoms with van der Waals surface area (Å²) in [5.74, 6) is 0.787. The molecule has 1 nitrogen and oxygen atoms in total. The molecule has 3 rings (SSSR count). The summed E-state index contributed by atoms with van der Waals surface area (Å²) in [5, 5.41) is 0. The SMILES string of the molecule is CC(N)C1(c2ccccc2C2CCCCCC2)CC1. The van der Waals surface area contributed by atoms with Crippen molar-refractivity contribution >= 4 is 0 Å². The van der Waals surface area contributed by atoms with Crippen molar-refractivity contribution in [3.8, 4) is 0 Å². The molecule has 2 aliphatic carbocycles. The Balaban J connectivity index is 1.93. The highest BCUT2D eigenvalue weighted by molar-refractivity contribution is 5.42. The zero-order valence-electron chi connectivity index (χ0n) is 12.2. The minimum absolute atomic E-state index is 0.291. The van der Waals surface area contributed by atoms with Gasteiger partial charge in [-0.05, 0) is 49.7 Å². The van der Waals surface area contributed by atoms with Gasteiger partial charge in [0.05, 0.1) is 0 Å². The second kappa shape index (κ2) is 5.28. The van der Waals surface area contributed by atoms with Gasteiger partial charge in [-0.25, -0.2) is 0 Å². The maximum Gasteiger partial charge on any atom is 0.0108 e. The largest absolute Gasteiger partial charge is 0.327 e. The molecule has 0 saturated heterocycles. The van der Waals surface area contributed by atoms with Crippen LogP contribution in [0, 0.1) is 0 Å². The highest BCUT2D eigenvalue weighted by atomic mass is 14.7. The third-order valence-electron chi connectivity index (χ3n) is 5.45. The van der Waals surface area contributed by atoms with E-state index in [2.05, 4.69) is 31.2 Å². The molecule has 19 heavy (non-hydrogen) atoms. The van der Waals surface area contributed by atoms with E-state index in [1.165, 1.54) is 51.4 Å². The molecule has 0 aromatic heterocycles. The Kier molecular flexibility index (Phi) is 3.66. The fraction of sp³-hybridized carbons (Fsp3) is 0.667. The second-order valence-electron chi connectivity index (χ2n) is 6.72. The summed E-state index contributed by atoms with van der Waals surface area (Å²) in [4.78, 5) is 0. The molecule has 0 spiro atoms. The molecule has 0 heterocycles. The zero-order chi connectivity index (χ0) is 13.3. The van der Waals surface area contributed by atoms with E-state index in [1.807, 2.05) is 0 Å². The molecule has 0 bridgehead atoms. The van der Waals surface area contributed by atoms with Crippen LogP contribution in [0.5, 0.6) is 0 Å². The number of hydrogen-bond acceptors (Lipinski definition) is 1. The summed E-state index contributed by atoms with van der Waals surface area (Å²) in [7, 11) is 0. The van der Waals surface area contributed by atoms with Crippen molar-refractivity contribution in [2.24, 2.45) is 5.73 Å². The number of nitrogens with two attached hydrogens (primary N) is 1. The first-order valence-electron chi connectivity index (χ1n) is 8.09. The van der Waals surface area contributed by atoms with E-state index in [4.69, 9.17) is 5.73 Å². The van der Waals surface area contributed by atoms with E-state index in [0.29, 0.717) is 11.5 Å². The Bertz CT molecular complexity index is 423. The lowest BCUT2D eigenvalue weighted by atomic mass is 9.80. The van der Waals surface area contributed by atoms with Crippen LogP contribution >= 0.6 is 0 Å². The van der Waals surface area contributed by atoms with Crippen LogP contribution in [0.4, 0.5) is 0 Å². The Hall–Kier alpha value is -0.820. The van der Waals surface area contributed by atoms with Gasteiger partial charge >= 0.3 is 0 Å². The van der Waals surface area contributed by atoms with E-state index < -0.39 is 0 Å². The quantitative estimate of drug-likeness (QED) is 0.793. The van der Waals surface area contributed by atoms with Gasteiger partial charge in [0.15, 0.2) is 0 Å². The average molecular weight is 257 g/mol. The molecule has 2 saturated carbocycles. The van der Waals surface area contributed by atoms with E-state index in [-0.39, 0.29) is 0 Å². The van der Waals surface area contributed by atoms with Crippen molar-refractivity contribution in [1.29, 1.82) is 0 Å². The fourth-order valence-corrected chi connectivity index (χ4v) is 4.00. The molecule has 2 N–H and O–H groups in total.